The van der Waals surface area contributed by atoms with Crippen molar-refractivity contribution in [3.63, 3.8) is 0 Å². The van der Waals surface area contributed by atoms with Gasteiger partial charge >= 0.3 is 0 Å². The van der Waals surface area contributed by atoms with Crippen molar-refractivity contribution < 1.29 is 4.79 Å². The van der Waals surface area contributed by atoms with Crippen LogP contribution in [-0.2, 0) is 4.79 Å². The van der Waals surface area contributed by atoms with Gasteiger partial charge in [0, 0.05) is 0 Å². The number of ketones is 1. The fraction of sp³-hybridized carbons (Fsp3) is 0.857. The van der Waals surface area contributed by atoms with E-state index in [-0.39, 0.29) is 11.8 Å². The molecule has 0 unspecified atom stereocenters. The van der Waals surface area contributed by atoms with Crippen LogP contribution in [0.25, 0.3) is 0 Å². The maximum atomic E-state index is 10.7. The first-order valence-corrected chi connectivity index (χ1v) is 4.04. The fourth-order valence-electron chi connectivity index (χ4n) is 0.794. The summed E-state index contributed by atoms with van der Waals surface area (Å²) in [6, 6.07) is -0.346. The Kier molecular flexibility index (Phi) is 5.83. The van der Waals surface area contributed by atoms with Crippen LogP contribution in [0.1, 0.15) is 19.8 Å². The maximum absolute atomic E-state index is 10.7. The Hall–Kier alpha value is -0.490. The lowest BCUT2D eigenvalue weighted by Gasteiger charge is -2.09. The van der Waals surface area contributed by atoms with E-state index in [2.05, 4.69) is 5.32 Å². The molecule has 0 heterocycles. The van der Waals surface area contributed by atoms with Crippen molar-refractivity contribution in [3.8, 4) is 0 Å². The Morgan fingerprint density at radius 1 is 1.42 bits per heavy atom. The normalized spacial score (nSPS) is 13.4. The zero-order valence-corrected chi connectivity index (χ0v) is 7.42. The van der Waals surface area contributed by atoms with Gasteiger partial charge in [-0.15, -0.1) is 0 Å². The molecule has 0 aromatic carbocycles. The molecule has 12 heavy (non-hydrogen) atoms. The standard InChI is InChI=1S/C7H18N4O/c1-5(12)6(8)3-2-4-11-7(9)10/h6-7,11H,2-4,8-10H2,1H3/t6-/m0/s1. The molecule has 0 bridgehead atoms. The second-order valence-electron chi connectivity index (χ2n) is 2.84. The van der Waals surface area contributed by atoms with Gasteiger partial charge in [0.25, 0.3) is 0 Å². The number of carbonyl (C=O) groups is 1. The summed E-state index contributed by atoms with van der Waals surface area (Å²) in [5.74, 6) is 0.0204. The Morgan fingerprint density at radius 3 is 2.42 bits per heavy atom. The summed E-state index contributed by atoms with van der Waals surface area (Å²) >= 11 is 0. The maximum Gasteiger partial charge on any atom is 0.146 e. The molecule has 0 aliphatic rings. The van der Waals surface area contributed by atoms with Gasteiger partial charge < -0.3 is 17.2 Å². The Balaban J connectivity index is 3.25. The van der Waals surface area contributed by atoms with Crippen LogP contribution in [0.3, 0.4) is 0 Å². The van der Waals surface area contributed by atoms with Gasteiger partial charge in [0.05, 0.1) is 6.04 Å². The van der Waals surface area contributed by atoms with Crippen LogP contribution in [0.5, 0.6) is 0 Å². The molecule has 0 fully saturated rings. The van der Waals surface area contributed by atoms with E-state index in [0.29, 0.717) is 13.0 Å². The first-order valence-electron chi connectivity index (χ1n) is 4.04. The molecular weight excluding hydrogens is 156 g/mol. The van der Waals surface area contributed by atoms with Crippen molar-refractivity contribution in [2.75, 3.05) is 6.54 Å². The van der Waals surface area contributed by atoms with E-state index in [1.165, 1.54) is 6.92 Å². The summed E-state index contributed by atoms with van der Waals surface area (Å²) in [6.07, 6.45) is 0.999. The van der Waals surface area contributed by atoms with Crippen LogP contribution < -0.4 is 22.5 Å². The second-order valence-corrected chi connectivity index (χ2v) is 2.84. The van der Waals surface area contributed by atoms with Gasteiger partial charge in [-0.05, 0) is 26.3 Å². The third-order valence-corrected chi connectivity index (χ3v) is 1.59. The fourth-order valence-corrected chi connectivity index (χ4v) is 0.794. The van der Waals surface area contributed by atoms with Gasteiger partial charge in [0.1, 0.15) is 12.1 Å². The van der Waals surface area contributed by atoms with Gasteiger partial charge in [-0.1, -0.05) is 0 Å². The van der Waals surface area contributed by atoms with Crippen LogP contribution in [0, 0.1) is 0 Å². The van der Waals surface area contributed by atoms with E-state index in [4.69, 9.17) is 17.2 Å². The van der Waals surface area contributed by atoms with E-state index in [0.717, 1.165) is 6.42 Å². The van der Waals surface area contributed by atoms with Gasteiger partial charge in [-0.25, -0.2) is 0 Å². The summed E-state index contributed by atoms with van der Waals surface area (Å²) in [6.45, 7) is 2.19. The molecular formula is C7H18N4O. The average molecular weight is 174 g/mol. The molecule has 5 heteroatoms. The van der Waals surface area contributed by atoms with Crippen molar-refractivity contribution in [2.24, 2.45) is 17.2 Å². The Morgan fingerprint density at radius 2 is 2.00 bits per heavy atom. The highest BCUT2D eigenvalue weighted by atomic mass is 16.1. The molecule has 7 N–H and O–H groups in total. The molecule has 0 amide bonds. The topological polar surface area (TPSA) is 107 Å². The summed E-state index contributed by atoms with van der Waals surface area (Å²) in [4.78, 5) is 10.7. The number of carbonyl (C=O) groups excluding carboxylic acids is 1. The Labute approximate surface area is 72.7 Å². The minimum absolute atomic E-state index is 0.0204. The van der Waals surface area contributed by atoms with Crippen molar-refractivity contribution in [3.05, 3.63) is 0 Å². The summed E-state index contributed by atoms with van der Waals surface area (Å²) in [7, 11) is 0. The predicted molar refractivity (Wildman–Crippen MR) is 48.1 cm³/mol. The van der Waals surface area contributed by atoms with Crippen molar-refractivity contribution in [1.29, 1.82) is 0 Å². The highest BCUT2D eigenvalue weighted by Crippen LogP contribution is 1.93. The molecule has 0 rings (SSSR count). The van der Waals surface area contributed by atoms with Gasteiger partial charge in [-0.3, -0.25) is 10.1 Å². The SMILES string of the molecule is CC(=O)[C@@H](N)CCCNC(N)N. The third-order valence-electron chi connectivity index (χ3n) is 1.59. The first kappa shape index (κ1) is 11.5. The molecule has 0 spiro atoms. The van der Waals surface area contributed by atoms with Gasteiger partial charge in [0.15, 0.2) is 0 Å². The molecule has 0 radical (unpaired) electrons. The van der Waals surface area contributed by atoms with Crippen molar-refractivity contribution >= 4 is 5.78 Å². The second kappa shape index (κ2) is 6.07. The first-order chi connectivity index (χ1) is 5.54. The largest absolute Gasteiger partial charge is 0.322 e. The van der Waals surface area contributed by atoms with Crippen LogP contribution in [0.4, 0.5) is 0 Å². The van der Waals surface area contributed by atoms with E-state index in [1.807, 2.05) is 0 Å². The number of hydrogen-bond acceptors (Lipinski definition) is 5. The molecule has 0 aliphatic heterocycles. The zero-order valence-electron chi connectivity index (χ0n) is 7.42. The summed E-state index contributed by atoms with van der Waals surface area (Å²) in [5, 5.41) is 2.83. The number of nitrogens with two attached hydrogens (primary N) is 3. The quantitative estimate of drug-likeness (QED) is 0.289. The summed E-state index contributed by atoms with van der Waals surface area (Å²) < 4.78 is 0. The third kappa shape index (κ3) is 6.23. The van der Waals surface area contributed by atoms with Crippen molar-refractivity contribution in [1.82, 2.24) is 5.32 Å². The molecule has 0 saturated carbocycles. The van der Waals surface area contributed by atoms with Crippen LogP contribution in [0.2, 0.25) is 0 Å². The average Bonchev–Trinajstić information content (AvgIpc) is 1.97. The number of nitrogens with one attached hydrogen (secondary N) is 1. The highest BCUT2D eigenvalue weighted by molar-refractivity contribution is 5.80. The minimum atomic E-state index is -0.487. The molecule has 0 aromatic rings. The van der Waals surface area contributed by atoms with Crippen LogP contribution in [-0.4, -0.2) is 24.7 Å². The number of Topliss-reactive ketones (excluding diaryl/α,β-unsaturated/α-hetero) is 1. The smallest absolute Gasteiger partial charge is 0.146 e. The lowest BCUT2D eigenvalue weighted by molar-refractivity contribution is -0.118. The van der Waals surface area contributed by atoms with E-state index < -0.39 is 6.29 Å². The van der Waals surface area contributed by atoms with Crippen molar-refractivity contribution in [2.45, 2.75) is 32.1 Å². The molecule has 0 aromatic heterocycles. The minimum Gasteiger partial charge on any atom is -0.322 e. The molecule has 72 valence electrons. The molecule has 0 aliphatic carbocycles. The van der Waals surface area contributed by atoms with E-state index in [9.17, 15) is 4.79 Å². The monoisotopic (exact) mass is 174 g/mol. The van der Waals surface area contributed by atoms with Gasteiger partial charge in [-0.2, -0.15) is 0 Å². The molecule has 5 nitrogen and oxygen atoms in total. The predicted octanol–water partition coefficient (Wildman–Crippen LogP) is -1.53. The lowest BCUT2D eigenvalue weighted by atomic mass is 10.1. The molecule has 1 atom stereocenters. The Bertz CT molecular complexity index is 137. The van der Waals surface area contributed by atoms with E-state index in [1.54, 1.807) is 0 Å². The van der Waals surface area contributed by atoms with Crippen LogP contribution in [0.15, 0.2) is 0 Å². The molecule has 0 saturated heterocycles. The highest BCUT2D eigenvalue weighted by Gasteiger charge is 2.06. The number of rotatable bonds is 6. The number of hydrogen-bond donors (Lipinski definition) is 4. The van der Waals surface area contributed by atoms with Crippen LogP contribution >= 0.6 is 0 Å². The van der Waals surface area contributed by atoms with E-state index >= 15 is 0 Å². The lowest BCUT2D eigenvalue weighted by Crippen LogP contribution is -2.45. The zero-order chi connectivity index (χ0) is 9.56. The summed E-state index contributed by atoms with van der Waals surface area (Å²) in [5.41, 5.74) is 16.0. The van der Waals surface area contributed by atoms with Gasteiger partial charge in [0.2, 0.25) is 0 Å².